The minimum Gasteiger partial charge on any atom is -0.466 e. The summed E-state index contributed by atoms with van der Waals surface area (Å²) in [6, 6.07) is 14.5. The summed E-state index contributed by atoms with van der Waals surface area (Å²) in [6.45, 7) is 2.26. The van der Waals surface area contributed by atoms with Crippen LogP contribution in [-0.4, -0.2) is 38.4 Å². The molecule has 1 saturated heterocycles. The molecule has 1 heterocycles. The smallest absolute Gasteiger partial charge is 0.313 e. The fourth-order valence-corrected chi connectivity index (χ4v) is 5.32. The third kappa shape index (κ3) is 4.25. The van der Waals surface area contributed by atoms with E-state index < -0.39 is 27.2 Å². The first-order chi connectivity index (χ1) is 13.4. The molecule has 0 bridgehead atoms. The number of carbonyl (C=O) groups excluding carboxylic acids is 1. The van der Waals surface area contributed by atoms with Gasteiger partial charge >= 0.3 is 5.97 Å². The summed E-state index contributed by atoms with van der Waals surface area (Å²) >= 11 is 0. The van der Waals surface area contributed by atoms with Crippen molar-refractivity contribution in [2.75, 3.05) is 19.7 Å². The molecule has 5 nitrogen and oxygen atoms in total. The molecule has 1 fully saturated rings. The highest BCUT2D eigenvalue weighted by atomic mass is 32.2. The van der Waals surface area contributed by atoms with Gasteiger partial charge in [-0.05, 0) is 49.9 Å². The third-order valence-electron chi connectivity index (χ3n) is 5.07. The Morgan fingerprint density at radius 1 is 1.18 bits per heavy atom. The molecule has 0 spiro atoms. The van der Waals surface area contributed by atoms with Gasteiger partial charge in [-0.1, -0.05) is 36.4 Å². The van der Waals surface area contributed by atoms with Crippen LogP contribution in [-0.2, 0) is 26.0 Å². The Bertz CT molecular complexity index is 932. The van der Waals surface area contributed by atoms with E-state index in [1.54, 1.807) is 6.92 Å². The molecule has 0 aliphatic carbocycles. The number of hydrogen-bond donors (Lipinski definition) is 0. The first-order valence-electron chi connectivity index (χ1n) is 9.34. The predicted molar refractivity (Wildman–Crippen MR) is 104 cm³/mol. The molecule has 0 N–H and O–H groups in total. The number of halogens is 1. The zero-order valence-electron chi connectivity index (χ0n) is 15.8. The number of hydrogen-bond acceptors (Lipinski definition) is 4. The van der Waals surface area contributed by atoms with E-state index >= 15 is 0 Å². The first kappa shape index (κ1) is 20.5. The molecule has 0 saturated carbocycles. The van der Waals surface area contributed by atoms with E-state index in [1.807, 2.05) is 30.3 Å². The highest BCUT2D eigenvalue weighted by Crippen LogP contribution is 2.37. The van der Waals surface area contributed by atoms with Crippen LogP contribution in [0.3, 0.4) is 0 Å². The molecule has 0 aromatic heterocycles. The number of carbonyl (C=O) groups is 1. The fraction of sp³-hybridized carbons (Fsp3) is 0.381. The quantitative estimate of drug-likeness (QED) is 0.691. The van der Waals surface area contributed by atoms with Crippen LogP contribution < -0.4 is 0 Å². The summed E-state index contributed by atoms with van der Waals surface area (Å²) < 4.78 is 46.3. The Balaban J connectivity index is 1.94. The van der Waals surface area contributed by atoms with Gasteiger partial charge in [0.2, 0.25) is 10.0 Å². The maximum Gasteiger partial charge on any atom is 0.313 e. The highest BCUT2D eigenvalue weighted by Gasteiger charge is 2.46. The highest BCUT2D eigenvalue weighted by molar-refractivity contribution is 7.89. The molecule has 3 rings (SSSR count). The van der Waals surface area contributed by atoms with Crippen molar-refractivity contribution >= 4 is 16.0 Å². The lowest BCUT2D eigenvalue weighted by atomic mass is 9.75. The molecule has 28 heavy (non-hydrogen) atoms. The molecule has 1 aliphatic heterocycles. The molecule has 0 unspecified atom stereocenters. The number of sulfonamides is 1. The Hall–Kier alpha value is -2.25. The lowest BCUT2D eigenvalue weighted by molar-refractivity contribution is -0.157. The van der Waals surface area contributed by atoms with Gasteiger partial charge in [0.25, 0.3) is 0 Å². The molecule has 1 atom stereocenters. The van der Waals surface area contributed by atoms with Crippen LogP contribution in [0.2, 0.25) is 0 Å². The summed E-state index contributed by atoms with van der Waals surface area (Å²) in [4.78, 5) is 12.8. The van der Waals surface area contributed by atoms with E-state index in [0.717, 1.165) is 11.6 Å². The summed E-state index contributed by atoms with van der Waals surface area (Å²) in [5.74, 6) is -1.00. The molecule has 0 amide bonds. The summed E-state index contributed by atoms with van der Waals surface area (Å²) in [5, 5.41) is 0. The maximum absolute atomic E-state index is 13.6. The van der Waals surface area contributed by atoms with Gasteiger partial charge < -0.3 is 4.74 Å². The Morgan fingerprint density at radius 3 is 2.61 bits per heavy atom. The van der Waals surface area contributed by atoms with Crippen LogP contribution in [0.15, 0.2) is 59.5 Å². The van der Waals surface area contributed by atoms with Crippen LogP contribution in [0.25, 0.3) is 0 Å². The zero-order chi connectivity index (χ0) is 20.2. The SMILES string of the molecule is CCOC(=O)[C@]1(Cc2ccccc2)CCCN(S(=O)(=O)c2cccc(F)c2)C1. The monoisotopic (exact) mass is 405 g/mol. The zero-order valence-corrected chi connectivity index (χ0v) is 16.6. The van der Waals surface area contributed by atoms with Crippen molar-refractivity contribution in [3.8, 4) is 0 Å². The standard InChI is InChI=1S/C21H24FNO4S/c1-2-27-20(24)21(15-17-8-4-3-5-9-17)12-7-13-23(16-21)28(25,26)19-11-6-10-18(22)14-19/h3-6,8-11,14H,2,7,12-13,15-16H2,1H3/t21-/m0/s1. The summed E-state index contributed by atoms with van der Waals surface area (Å²) in [7, 11) is -3.91. The van der Waals surface area contributed by atoms with E-state index in [0.29, 0.717) is 19.3 Å². The van der Waals surface area contributed by atoms with Gasteiger partial charge in [0.15, 0.2) is 0 Å². The lowest BCUT2D eigenvalue weighted by Crippen LogP contribution is -2.51. The number of nitrogens with zero attached hydrogens (tertiary/aromatic N) is 1. The van der Waals surface area contributed by atoms with Crippen molar-refractivity contribution in [2.24, 2.45) is 5.41 Å². The van der Waals surface area contributed by atoms with Crippen molar-refractivity contribution in [2.45, 2.75) is 31.1 Å². The van der Waals surface area contributed by atoms with Crippen LogP contribution in [0, 0.1) is 11.2 Å². The van der Waals surface area contributed by atoms with E-state index in [-0.39, 0.29) is 24.6 Å². The second-order valence-corrected chi connectivity index (χ2v) is 9.00. The average Bonchev–Trinajstić information content (AvgIpc) is 2.69. The number of esters is 1. The normalized spacial score (nSPS) is 20.6. The minimum atomic E-state index is -3.91. The van der Waals surface area contributed by atoms with Gasteiger partial charge in [0, 0.05) is 13.1 Å². The van der Waals surface area contributed by atoms with Gasteiger partial charge in [-0.3, -0.25) is 4.79 Å². The van der Waals surface area contributed by atoms with E-state index in [1.165, 1.54) is 22.5 Å². The second kappa shape index (κ2) is 8.41. The van der Waals surface area contributed by atoms with Gasteiger partial charge in [0.1, 0.15) is 5.82 Å². The van der Waals surface area contributed by atoms with Crippen LogP contribution in [0.4, 0.5) is 4.39 Å². The van der Waals surface area contributed by atoms with Gasteiger partial charge in [-0.15, -0.1) is 0 Å². The second-order valence-electron chi connectivity index (χ2n) is 7.06. The molecular formula is C21H24FNO4S. The largest absolute Gasteiger partial charge is 0.466 e. The number of benzene rings is 2. The Labute approximate surface area is 165 Å². The van der Waals surface area contributed by atoms with Crippen LogP contribution >= 0.6 is 0 Å². The third-order valence-corrected chi connectivity index (χ3v) is 6.91. The van der Waals surface area contributed by atoms with Gasteiger partial charge in [0.05, 0.1) is 16.9 Å². The Kier molecular flexibility index (Phi) is 6.15. The molecule has 150 valence electrons. The predicted octanol–water partition coefficient (Wildman–Crippen LogP) is 3.40. The topological polar surface area (TPSA) is 63.7 Å². The van der Waals surface area contributed by atoms with Crippen LogP contribution in [0.1, 0.15) is 25.3 Å². The van der Waals surface area contributed by atoms with Crippen molar-refractivity contribution < 1.29 is 22.3 Å². The lowest BCUT2D eigenvalue weighted by Gasteiger charge is -2.40. The molecule has 2 aromatic carbocycles. The van der Waals surface area contributed by atoms with Crippen LogP contribution in [0.5, 0.6) is 0 Å². The van der Waals surface area contributed by atoms with Crippen molar-refractivity contribution in [1.82, 2.24) is 4.31 Å². The molecule has 2 aromatic rings. The summed E-state index contributed by atoms with van der Waals surface area (Å²) in [6.07, 6.45) is 1.46. The van der Waals surface area contributed by atoms with E-state index in [9.17, 15) is 17.6 Å². The fourth-order valence-electron chi connectivity index (χ4n) is 3.73. The molecular weight excluding hydrogens is 381 g/mol. The first-order valence-corrected chi connectivity index (χ1v) is 10.8. The van der Waals surface area contributed by atoms with Crippen molar-refractivity contribution in [3.63, 3.8) is 0 Å². The summed E-state index contributed by atoms with van der Waals surface area (Å²) in [5.41, 5.74) is -0.0173. The van der Waals surface area contributed by atoms with Crippen molar-refractivity contribution in [3.05, 3.63) is 66.0 Å². The average molecular weight is 405 g/mol. The molecule has 1 aliphatic rings. The van der Waals surface area contributed by atoms with E-state index in [2.05, 4.69) is 0 Å². The number of ether oxygens (including phenoxy) is 1. The molecule has 7 heteroatoms. The van der Waals surface area contributed by atoms with E-state index in [4.69, 9.17) is 4.74 Å². The maximum atomic E-state index is 13.6. The van der Waals surface area contributed by atoms with Crippen molar-refractivity contribution in [1.29, 1.82) is 0 Å². The Morgan fingerprint density at radius 2 is 1.93 bits per heavy atom. The van der Waals surface area contributed by atoms with Gasteiger partial charge in [-0.25, -0.2) is 12.8 Å². The van der Waals surface area contributed by atoms with Gasteiger partial charge in [-0.2, -0.15) is 4.31 Å². The minimum absolute atomic E-state index is 0.0135. The number of rotatable bonds is 6. The number of piperidine rings is 1. The molecule has 0 radical (unpaired) electrons.